The smallest absolute Gasteiger partial charge is 0.309 e. The lowest BCUT2D eigenvalue weighted by Gasteiger charge is -2.07. The van der Waals surface area contributed by atoms with E-state index in [4.69, 9.17) is 5.11 Å². The first-order valence-electron chi connectivity index (χ1n) is 4.91. The van der Waals surface area contributed by atoms with Gasteiger partial charge in [0.1, 0.15) is 0 Å². The van der Waals surface area contributed by atoms with Crippen molar-refractivity contribution in [3.05, 3.63) is 18.2 Å². The fourth-order valence-corrected chi connectivity index (χ4v) is 3.56. The van der Waals surface area contributed by atoms with E-state index in [2.05, 4.69) is 4.98 Å². The van der Waals surface area contributed by atoms with Crippen molar-refractivity contribution < 1.29 is 18.3 Å². The van der Waals surface area contributed by atoms with Gasteiger partial charge in [-0.15, -0.1) is 0 Å². The monoisotopic (exact) mass is 244 g/mol. The van der Waals surface area contributed by atoms with E-state index >= 15 is 0 Å². The fourth-order valence-electron chi connectivity index (χ4n) is 1.84. The Balaban J connectivity index is 2.11. The first-order valence-corrected chi connectivity index (χ1v) is 6.73. The molecule has 1 aromatic rings. The molecule has 88 valence electrons. The second-order valence-corrected chi connectivity index (χ2v) is 6.17. The van der Waals surface area contributed by atoms with E-state index < -0.39 is 15.8 Å². The van der Waals surface area contributed by atoms with Gasteiger partial charge in [0.2, 0.25) is 0 Å². The number of aliphatic carboxylic acids is 1. The number of nitrogens with zero attached hydrogens (tertiary/aromatic N) is 2. The minimum Gasteiger partial charge on any atom is -0.481 e. The van der Waals surface area contributed by atoms with Gasteiger partial charge in [0.25, 0.3) is 0 Å². The maximum absolute atomic E-state index is 11.3. The lowest BCUT2D eigenvalue weighted by atomic mass is 10.2. The minimum atomic E-state index is -2.92. The predicted octanol–water partition coefficient (Wildman–Crippen LogP) is -0.130. The molecule has 0 saturated carbocycles. The third-order valence-electron chi connectivity index (χ3n) is 2.62. The van der Waals surface area contributed by atoms with Crippen molar-refractivity contribution in [3.63, 3.8) is 0 Å². The summed E-state index contributed by atoms with van der Waals surface area (Å²) >= 11 is 0. The Morgan fingerprint density at radius 1 is 1.62 bits per heavy atom. The van der Waals surface area contributed by atoms with Gasteiger partial charge in [0, 0.05) is 12.2 Å². The molecule has 1 atom stereocenters. The van der Waals surface area contributed by atoms with Crippen molar-refractivity contribution in [2.45, 2.75) is 18.9 Å². The largest absolute Gasteiger partial charge is 0.481 e. The van der Waals surface area contributed by atoms with Crippen molar-refractivity contribution in [3.8, 4) is 0 Å². The van der Waals surface area contributed by atoms with E-state index in [1.165, 1.54) is 6.33 Å². The normalized spacial score (nSPS) is 23.4. The quantitative estimate of drug-likeness (QED) is 0.800. The number of sulfone groups is 1. The van der Waals surface area contributed by atoms with E-state index in [0.717, 1.165) is 0 Å². The van der Waals surface area contributed by atoms with E-state index in [-0.39, 0.29) is 24.0 Å². The highest BCUT2D eigenvalue weighted by atomic mass is 32.2. The molecule has 0 bridgehead atoms. The van der Waals surface area contributed by atoms with Crippen LogP contribution in [0.1, 0.15) is 18.2 Å². The lowest BCUT2D eigenvalue weighted by molar-refractivity contribution is -0.136. The summed E-state index contributed by atoms with van der Waals surface area (Å²) in [5.41, 5.74) is 0.455. The SMILES string of the molecule is O=C(O)Cc1cn(C2CCS(=O)(=O)C2)cn1. The summed E-state index contributed by atoms with van der Waals surface area (Å²) in [5, 5.41) is 8.58. The van der Waals surface area contributed by atoms with Crippen molar-refractivity contribution in [2.75, 3.05) is 11.5 Å². The fraction of sp³-hybridized carbons (Fsp3) is 0.556. The Kier molecular flexibility index (Phi) is 2.71. The van der Waals surface area contributed by atoms with Crippen LogP contribution in [-0.4, -0.2) is 40.6 Å². The van der Waals surface area contributed by atoms with E-state index in [0.29, 0.717) is 12.1 Å². The maximum Gasteiger partial charge on any atom is 0.309 e. The van der Waals surface area contributed by atoms with E-state index in [1.807, 2.05) is 0 Å². The number of carboxylic acid groups (broad SMARTS) is 1. The van der Waals surface area contributed by atoms with Crippen LogP contribution in [-0.2, 0) is 21.1 Å². The Morgan fingerprint density at radius 2 is 2.38 bits per heavy atom. The van der Waals surface area contributed by atoms with Gasteiger partial charge in [-0.25, -0.2) is 13.4 Å². The molecule has 1 saturated heterocycles. The molecule has 0 amide bonds. The average molecular weight is 244 g/mol. The molecule has 0 spiro atoms. The molecule has 6 nitrogen and oxygen atoms in total. The number of hydrogen-bond acceptors (Lipinski definition) is 4. The second-order valence-electron chi connectivity index (χ2n) is 3.94. The Hall–Kier alpha value is -1.37. The van der Waals surface area contributed by atoms with Gasteiger partial charge in [-0.1, -0.05) is 0 Å². The van der Waals surface area contributed by atoms with Crippen LogP contribution < -0.4 is 0 Å². The summed E-state index contributed by atoms with van der Waals surface area (Å²) in [5.74, 6) is -0.621. The van der Waals surface area contributed by atoms with Crippen molar-refractivity contribution in [1.82, 2.24) is 9.55 Å². The number of imidazole rings is 1. The van der Waals surface area contributed by atoms with Gasteiger partial charge in [-0.3, -0.25) is 4.79 Å². The van der Waals surface area contributed by atoms with Crippen LogP contribution in [0.5, 0.6) is 0 Å². The van der Waals surface area contributed by atoms with Gasteiger partial charge in [-0.2, -0.15) is 0 Å². The Morgan fingerprint density at radius 3 is 2.94 bits per heavy atom. The Bertz CT molecular complexity index is 505. The highest BCUT2D eigenvalue weighted by Crippen LogP contribution is 2.23. The zero-order chi connectivity index (χ0) is 11.8. The zero-order valence-electron chi connectivity index (χ0n) is 8.54. The second kappa shape index (κ2) is 3.89. The third-order valence-corrected chi connectivity index (χ3v) is 4.37. The van der Waals surface area contributed by atoms with Crippen LogP contribution in [0.4, 0.5) is 0 Å². The van der Waals surface area contributed by atoms with Crippen LogP contribution in [0.15, 0.2) is 12.5 Å². The molecule has 7 heteroatoms. The highest BCUT2D eigenvalue weighted by Gasteiger charge is 2.29. The molecule has 0 radical (unpaired) electrons. The van der Waals surface area contributed by atoms with Crippen LogP contribution in [0.25, 0.3) is 0 Å². The van der Waals surface area contributed by atoms with Gasteiger partial charge in [0.15, 0.2) is 9.84 Å². The lowest BCUT2D eigenvalue weighted by Crippen LogP contribution is -2.09. The molecule has 1 fully saturated rings. The first-order chi connectivity index (χ1) is 7.46. The molecule has 2 heterocycles. The minimum absolute atomic E-state index is 0.0972. The summed E-state index contributed by atoms with van der Waals surface area (Å²) in [4.78, 5) is 14.4. The number of hydrogen-bond donors (Lipinski definition) is 1. The molecule has 1 unspecified atom stereocenters. The number of carbonyl (C=O) groups is 1. The van der Waals surface area contributed by atoms with Crippen molar-refractivity contribution in [2.24, 2.45) is 0 Å². The molecule has 1 aromatic heterocycles. The van der Waals surface area contributed by atoms with Crippen LogP contribution in [0.2, 0.25) is 0 Å². The molecular weight excluding hydrogens is 232 g/mol. The summed E-state index contributed by atoms with van der Waals surface area (Å²) in [7, 11) is -2.92. The summed E-state index contributed by atoms with van der Waals surface area (Å²) in [6.45, 7) is 0. The van der Waals surface area contributed by atoms with Gasteiger partial charge >= 0.3 is 5.97 Å². The van der Waals surface area contributed by atoms with E-state index in [1.54, 1.807) is 10.8 Å². The van der Waals surface area contributed by atoms with Crippen LogP contribution in [0, 0.1) is 0 Å². The third kappa shape index (κ3) is 2.41. The molecule has 0 aliphatic carbocycles. The van der Waals surface area contributed by atoms with Gasteiger partial charge in [0.05, 0.1) is 29.9 Å². The van der Waals surface area contributed by atoms with Crippen LogP contribution in [0.3, 0.4) is 0 Å². The zero-order valence-corrected chi connectivity index (χ0v) is 9.35. The predicted molar refractivity (Wildman–Crippen MR) is 55.9 cm³/mol. The standard InChI is InChI=1S/C9H12N2O4S/c12-9(13)3-7-4-11(6-10-7)8-1-2-16(14,15)5-8/h4,6,8H,1-3,5H2,(H,12,13). The first kappa shape index (κ1) is 11.1. The molecule has 0 aromatic carbocycles. The molecular formula is C9H12N2O4S. The van der Waals surface area contributed by atoms with Crippen LogP contribution >= 0.6 is 0 Å². The topological polar surface area (TPSA) is 89.3 Å². The van der Waals surface area contributed by atoms with Gasteiger partial charge < -0.3 is 9.67 Å². The van der Waals surface area contributed by atoms with Crippen molar-refractivity contribution in [1.29, 1.82) is 0 Å². The highest BCUT2D eigenvalue weighted by molar-refractivity contribution is 7.91. The molecule has 1 aliphatic rings. The summed E-state index contributed by atoms with van der Waals surface area (Å²) < 4.78 is 24.2. The average Bonchev–Trinajstić information content (AvgIpc) is 2.71. The number of aromatic nitrogens is 2. The Labute approximate surface area is 92.8 Å². The van der Waals surface area contributed by atoms with Crippen molar-refractivity contribution >= 4 is 15.8 Å². The number of carboxylic acids is 1. The van der Waals surface area contributed by atoms with E-state index in [9.17, 15) is 13.2 Å². The molecule has 1 aliphatic heterocycles. The summed E-state index contributed by atoms with van der Waals surface area (Å²) in [6, 6.07) is -0.0972. The van der Waals surface area contributed by atoms with Gasteiger partial charge in [-0.05, 0) is 6.42 Å². The summed E-state index contributed by atoms with van der Waals surface area (Å²) in [6.07, 6.45) is 3.56. The molecule has 2 rings (SSSR count). The molecule has 16 heavy (non-hydrogen) atoms. The molecule has 1 N–H and O–H groups in total. The number of rotatable bonds is 3. The maximum atomic E-state index is 11.3.